The molecule has 0 saturated heterocycles. The van der Waals surface area contributed by atoms with E-state index in [-0.39, 0.29) is 0 Å². The number of halogens is 1. The number of nitrogens with one attached hydrogen (secondary N) is 1. The second kappa shape index (κ2) is 6.02. The molecule has 0 saturated carbocycles. The molecule has 1 atom stereocenters. The lowest BCUT2D eigenvalue weighted by atomic mass is 10.1. The van der Waals surface area contributed by atoms with Crippen LogP contribution in [0.4, 0.5) is 0 Å². The molecular formula is C11H16ClNO. The van der Waals surface area contributed by atoms with Crippen LogP contribution in [0.15, 0.2) is 24.3 Å². The van der Waals surface area contributed by atoms with Crippen molar-refractivity contribution in [1.82, 2.24) is 5.48 Å². The molecule has 0 heterocycles. The highest BCUT2D eigenvalue weighted by Gasteiger charge is 2.02. The van der Waals surface area contributed by atoms with Crippen LogP contribution in [0.25, 0.3) is 0 Å². The van der Waals surface area contributed by atoms with Gasteiger partial charge in [0.25, 0.3) is 0 Å². The molecule has 0 aliphatic carbocycles. The largest absolute Gasteiger partial charge is 0.302 e. The van der Waals surface area contributed by atoms with Crippen LogP contribution in [0.3, 0.4) is 0 Å². The molecular weight excluding hydrogens is 198 g/mol. The maximum absolute atomic E-state index is 5.79. The number of hydroxylamine groups is 1. The van der Waals surface area contributed by atoms with Gasteiger partial charge < -0.3 is 4.84 Å². The summed E-state index contributed by atoms with van der Waals surface area (Å²) in [5, 5.41) is 0.777. The minimum atomic E-state index is 0.316. The molecule has 0 amide bonds. The van der Waals surface area contributed by atoms with E-state index in [1.165, 1.54) is 5.56 Å². The Morgan fingerprint density at radius 2 is 2.00 bits per heavy atom. The summed E-state index contributed by atoms with van der Waals surface area (Å²) >= 11 is 5.79. The van der Waals surface area contributed by atoms with Crippen molar-refractivity contribution in [2.24, 2.45) is 0 Å². The van der Waals surface area contributed by atoms with Crippen molar-refractivity contribution in [2.45, 2.75) is 26.3 Å². The Kier molecular flexibility index (Phi) is 4.94. The van der Waals surface area contributed by atoms with Gasteiger partial charge in [0.05, 0.1) is 6.61 Å². The lowest BCUT2D eigenvalue weighted by Gasteiger charge is -2.12. The lowest BCUT2D eigenvalue weighted by molar-refractivity contribution is 0.0290. The van der Waals surface area contributed by atoms with Crippen LogP contribution in [0.1, 0.15) is 19.4 Å². The topological polar surface area (TPSA) is 21.3 Å². The summed E-state index contributed by atoms with van der Waals surface area (Å²) in [5.74, 6) is 0. The van der Waals surface area contributed by atoms with Gasteiger partial charge in [0.1, 0.15) is 0 Å². The average molecular weight is 214 g/mol. The minimum absolute atomic E-state index is 0.316. The molecule has 3 heteroatoms. The Bertz CT molecular complexity index is 260. The summed E-state index contributed by atoms with van der Waals surface area (Å²) < 4.78 is 0. The van der Waals surface area contributed by atoms with Crippen LogP contribution in [-0.2, 0) is 11.3 Å². The maximum Gasteiger partial charge on any atom is 0.0654 e. The molecule has 0 fully saturated rings. The first kappa shape index (κ1) is 11.5. The van der Waals surface area contributed by atoms with Crippen molar-refractivity contribution in [2.75, 3.05) is 6.61 Å². The Morgan fingerprint density at radius 1 is 1.36 bits per heavy atom. The smallest absolute Gasteiger partial charge is 0.0654 e. The third-order valence-electron chi connectivity index (χ3n) is 1.88. The monoisotopic (exact) mass is 213 g/mol. The second-order valence-corrected chi connectivity index (χ2v) is 3.72. The molecule has 1 unspecified atom stereocenters. The fourth-order valence-electron chi connectivity index (χ4n) is 1.24. The van der Waals surface area contributed by atoms with Crippen molar-refractivity contribution < 1.29 is 4.84 Å². The number of benzene rings is 1. The molecule has 0 aromatic heterocycles. The zero-order valence-corrected chi connectivity index (χ0v) is 9.34. The van der Waals surface area contributed by atoms with Gasteiger partial charge >= 0.3 is 0 Å². The fourth-order valence-corrected chi connectivity index (χ4v) is 1.37. The minimum Gasteiger partial charge on any atom is -0.302 e. The highest BCUT2D eigenvalue weighted by molar-refractivity contribution is 6.30. The molecule has 0 aliphatic rings. The number of hydrogen-bond acceptors (Lipinski definition) is 2. The van der Waals surface area contributed by atoms with Gasteiger partial charge in [0, 0.05) is 11.1 Å². The first-order valence-corrected chi connectivity index (χ1v) is 5.22. The summed E-state index contributed by atoms with van der Waals surface area (Å²) in [7, 11) is 0. The van der Waals surface area contributed by atoms with E-state index in [4.69, 9.17) is 16.4 Å². The SMILES string of the molecule is CCONC(C)Cc1ccc(Cl)cc1. The Labute approximate surface area is 90.2 Å². The van der Waals surface area contributed by atoms with E-state index in [1.54, 1.807) is 0 Å². The van der Waals surface area contributed by atoms with Gasteiger partial charge in [0.2, 0.25) is 0 Å². The fraction of sp³-hybridized carbons (Fsp3) is 0.455. The van der Waals surface area contributed by atoms with Gasteiger partial charge in [0.15, 0.2) is 0 Å². The van der Waals surface area contributed by atoms with E-state index >= 15 is 0 Å². The highest BCUT2D eigenvalue weighted by atomic mass is 35.5. The molecule has 1 aromatic rings. The van der Waals surface area contributed by atoms with Gasteiger partial charge in [-0.15, -0.1) is 0 Å². The van der Waals surface area contributed by atoms with Crippen molar-refractivity contribution in [3.8, 4) is 0 Å². The predicted octanol–water partition coefficient (Wildman–Crippen LogP) is 2.81. The molecule has 1 rings (SSSR count). The quantitative estimate of drug-likeness (QED) is 0.760. The lowest BCUT2D eigenvalue weighted by Crippen LogP contribution is -2.28. The molecule has 0 aliphatic heterocycles. The van der Waals surface area contributed by atoms with Crippen LogP contribution in [0.2, 0.25) is 5.02 Å². The maximum atomic E-state index is 5.79. The van der Waals surface area contributed by atoms with Crippen molar-refractivity contribution in [3.63, 3.8) is 0 Å². The average Bonchev–Trinajstić information content (AvgIpc) is 2.18. The van der Waals surface area contributed by atoms with E-state index in [2.05, 4.69) is 12.4 Å². The van der Waals surface area contributed by atoms with Crippen molar-refractivity contribution in [1.29, 1.82) is 0 Å². The van der Waals surface area contributed by atoms with Crippen LogP contribution in [0.5, 0.6) is 0 Å². The third kappa shape index (κ3) is 4.09. The molecule has 1 aromatic carbocycles. The van der Waals surface area contributed by atoms with Crippen LogP contribution in [-0.4, -0.2) is 12.6 Å². The molecule has 0 radical (unpaired) electrons. The van der Waals surface area contributed by atoms with Crippen molar-refractivity contribution in [3.05, 3.63) is 34.9 Å². The molecule has 14 heavy (non-hydrogen) atoms. The summed E-state index contributed by atoms with van der Waals surface area (Å²) in [4.78, 5) is 5.12. The zero-order valence-electron chi connectivity index (χ0n) is 8.59. The van der Waals surface area contributed by atoms with Gasteiger partial charge in [-0.25, -0.2) is 0 Å². The second-order valence-electron chi connectivity index (χ2n) is 3.28. The molecule has 1 N–H and O–H groups in total. The summed E-state index contributed by atoms with van der Waals surface area (Å²) in [5.41, 5.74) is 4.22. The summed E-state index contributed by atoms with van der Waals surface area (Å²) in [6.45, 7) is 4.73. The number of hydrogen-bond donors (Lipinski definition) is 1. The standard InChI is InChI=1S/C11H16ClNO/c1-3-14-13-9(2)8-10-4-6-11(12)7-5-10/h4-7,9,13H,3,8H2,1-2H3. The first-order valence-electron chi connectivity index (χ1n) is 4.84. The zero-order chi connectivity index (χ0) is 10.4. The Hall–Kier alpha value is -0.570. The first-order chi connectivity index (χ1) is 6.72. The molecule has 0 bridgehead atoms. The van der Waals surface area contributed by atoms with Crippen LogP contribution in [0, 0.1) is 0 Å². The van der Waals surface area contributed by atoms with Crippen LogP contribution < -0.4 is 5.48 Å². The molecule has 2 nitrogen and oxygen atoms in total. The Morgan fingerprint density at radius 3 is 2.57 bits per heavy atom. The van der Waals surface area contributed by atoms with Gasteiger partial charge in [-0.1, -0.05) is 23.7 Å². The van der Waals surface area contributed by atoms with Gasteiger partial charge in [-0.2, -0.15) is 5.48 Å². The normalized spacial score (nSPS) is 12.8. The highest BCUT2D eigenvalue weighted by Crippen LogP contribution is 2.10. The van der Waals surface area contributed by atoms with Crippen molar-refractivity contribution >= 4 is 11.6 Å². The Balaban J connectivity index is 2.39. The van der Waals surface area contributed by atoms with Gasteiger partial charge in [-0.3, -0.25) is 0 Å². The van der Waals surface area contributed by atoms with E-state index < -0.39 is 0 Å². The van der Waals surface area contributed by atoms with E-state index in [9.17, 15) is 0 Å². The molecule has 78 valence electrons. The van der Waals surface area contributed by atoms with Crippen LogP contribution >= 0.6 is 11.6 Å². The predicted molar refractivity (Wildman–Crippen MR) is 59.4 cm³/mol. The summed E-state index contributed by atoms with van der Waals surface area (Å²) in [6, 6.07) is 8.20. The van der Waals surface area contributed by atoms with Gasteiger partial charge in [-0.05, 0) is 38.0 Å². The van der Waals surface area contributed by atoms with E-state index in [1.807, 2.05) is 31.2 Å². The third-order valence-corrected chi connectivity index (χ3v) is 2.14. The number of rotatable bonds is 5. The molecule has 0 spiro atoms. The van der Waals surface area contributed by atoms with E-state index in [0.717, 1.165) is 11.4 Å². The van der Waals surface area contributed by atoms with E-state index in [0.29, 0.717) is 12.6 Å². The summed E-state index contributed by atoms with van der Waals surface area (Å²) in [6.07, 6.45) is 0.942.